The molecule has 5 rings (SSSR count). The van der Waals surface area contributed by atoms with E-state index < -0.39 is 6.29 Å². The highest BCUT2D eigenvalue weighted by molar-refractivity contribution is 6.04. The number of para-hydroxylation sites is 2. The molecule has 2 aliphatic rings. The predicted molar refractivity (Wildman–Crippen MR) is 141 cm³/mol. The molecule has 0 aromatic heterocycles. The maximum absolute atomic E-state index is 13.3. The van der Waals surface area contributed by atoms with Gasteiger partial charge in [0, 0.05) is 25.0 Å². The lowest BCUT2D eigenvalue weighted by Gasteiger charge is -2.37. The molecule has 3 aromatic carbocycles. The minimum absolute atomic E-state index is 0.0503. The summed E-state index contributed by atoms with van der Waals surface area (Å²) in [7, 11) is 0. The monoisotopic (exact) mass is 484 g/mol. The van der Waals surface area contributed by atoms with Crippen LogP contribution in [0, 0.1) is 5.92 Å². The maximum Gasteiger partial charge on any atom is 0.290 e. The van der Waals surface area contributed by atoms with Gasteiger partial charge < -0.3 is 25.6 Å². The van der Waals surface area contributed by atoms with Gasteiger partial charge in [0.05, 0.1) is 11.4 Å². The third-order valence-electron chi connectivity index (χ3n) is 7.09. The Hall–Kier alpha value is -3.61. The van der Waals surface area contributed by atoms with Gasteiger partial charge in [-0.1, -0.05) is 54.6 Å². The van der Waals surface area contributed by atoms with E-state index in [-0.39, 0.29) is 30.1 Å². The van der Waals surface area contributed by atoms with Crippen LogP contribution in [-0.4, -0.2) is 30.5 Å². The molecule has 186 valence electrons. The summed E-state index contributed by atoms with van der Waals surface area (Å²) in [5, 5.41) is 12.5. The second-order valence-electron chi connectivity index (χ2n) is 9.28. The van der Waals surface area contributed by atoms with Crippen molar-refractivity contribution in [1.82, 2.24) is 0 Å². The SMILES string of the molecule is CCO[C@@H]1OC(C(=O)Nc2ccccc2N)=C[C@H](c2cccc3c2Cc2ccccc2-3)[C@H]1CCCO. The van der Waals surface area contributed by atoms with Gasteiger partial charge in [0.1, 0.15) is 0 Å². The average molecular weight is 485 g/mol. The van der Waals surface area contributed by atoms with E-state index in [9.17, 15) is 9.90 Å². The number of amides is 1. The van der Waals surface area contributed by atoms with E-state index in [0.717, 1.165) is 6.42 Å². The first-order valence-electron chi connectivity index (χ1n) is 12.6. The molecule has 1 heterocycles. The zero-order valence-electron chi connectivity index (χ0n) is 20.4. The van der Waals surface area contributed by atoms with E-state index in [2.05, 4.69) is 47.8 Å². The van der Waals surface area contributed by atoms with Gasteiger partial charge in [0.15, 0.2) is 5.76 Å². The third-order valence-corrected chi connectivity index (χ3v) is 7.09. The Kier molecular flexibility index (Phi) is 7.07. The highest BCUT2D eigenvalue weighted by Gasteiger charge is 2.39. The van der Waals surface area contributed by atoms with Crippen molar-refractivity contribution in [3.63, 3.8) is 0 Å². The van der Waals surface area contributed by atoms with Crippen LogP contribution in [0.1, 0.15) is 42.4 Å². The molecule has 0 saturated heterocycles. The zero-order valence-corrected chi connectivity index (χ0v) is 20.4. The van der Waals surface area contributed by atoms with Crippen molar-refractivity contribution in [2.75, 3.05) is 24.3 Å². The van der Waals surface area contributed by atoms with Crippen LogP contribution >= 0.6 is 0 Å². The van der Waals surface area contributed by atoms with E-state index in [0.29, 0.717) is 30.8 Å². The summed E-state index contributed by atoms with van der Waals surface area (Å²) in [6.45, 7) is 2.46. The van der Waals surface area contributed by atoms with Gasteiger partial charge in [-0.05, 0) is 72.2 Å². The summed E-state index contributed by atoms with van der Waals surface area (Å²) >= 11 is 0. The Morgan fingerprint density at radius 2 is 1.86 bits per heavy atom. The fourth-order valence-electron chi connectivity index (χ4n) is 5.41. The molecular formula is C30H32N2O4. The number of fused-ring (bicyclic) bond motifs is 3. The van der Waals surface area contributed by atoms with Crippen molar-refractivity contribution < 1.29 is 19.4 Å². The van der Waals surface area contributed by atoms with Gasteiger partial charge in [-0.15, -0.1) is 0 Å². The van der Waals surface area contributed by atoms with E-state index in [1.54, 1.807) is 12.1 Å². The van der Waals surface area contributed by atoms with Crippen LogP contribution in [0.15, 0.2) is 78.6 Å². The molecule has 36 heavy (non-hydrogen) atoms. The Bertz CT molecular complexity index is 1290. The Morgan fingerprint density at radius 1 is 1.08 bits per heavy atom. The first kappa shape index (κ1) is 24.1. The van der Waals surface area contributed by atoms with Crippen molar-refractivity contribution in [1.29, 1.82) is 0 Å². The molecule has 1 aliphatic carbocycles. The summed E-state index contributed by atoms with van der Waals surface area (Å²) in [6.07, 6.45) is 3.50. The highest BCUT2D eigenvalue weighted by atomic mass is 16.7. The second kappa shape index (κ2) is 10.6. The highest BCUT2D eigenvalue weighted by Crippen LogP contribution is 2.46. The number of nitrogens with one attached hydrogen (secondary N) is 1. The minimum atomic E-state index is -0.606. The average Bonchev–Trinajstić information content (AvgIpc) is 3.28. The summed E-state index contributed by atoms with van der Waals surface area (Å²) in [5.74, 6) is -0.306. The number of allylic oxidation sites excluding steroid dienone is 1. The number of aliphatic hydroxyl groups is 1. The lowest BCUT2D eigenvalue weighted by Crippen LogP contribution is -2.37. The van der Waals surface area contributed by atoms with Gasteiger partial charge in [0.2, 0.25) is 6.29 Å². The number of carbonyl (C=O) groups excluding carboxylic acids is 1. The zero-order chi connectivity index (χ0) is 25.1. The Balaban J connectivity index is 1.56. The summed E-state index contributed by atoms with van der Waals surface area (Å²) < 4.78 is 12.2. The Morgan fingerprint density at radius 3 is 2.67 bits per heavy atom. The molecule has 0 spiro atoms. The van der Waals surface area contributed by atoms with Gasteiger partial charge in [-0.2, -0.15) is 0 Å². The molecule has 1 amide bonds. The van der Waals surface area contributed by atoms with Crippen LogP contribution in [-0.2, 0) is 20.7 Å². The second-order valence-corrected chi connectivity index (χ2v) is 9.28. The van der Waals surface area contributed by atoms with Gasteiger partial charge in [-0.3, -0.25) is 4.79 Å². The standard InChI is InChI=1S/C30H32N2O4/c1-2-35-30-23(13-8-16-33)25(18-28(36-30)29(34)32-27-15-6-5-14-26(27)31)22-12-7-11-21-20-10-4-3-9-19(20)17-24(21)22/h3-7,9-12,14-15,18,23,25,30,33H,2,8,13,16-17,31H2,1H3,(H,32,34)/t23-,25-,30-/m1/s1. The van der Waals surface area contributed by atoms with Gasteiger partial charge >= 0.3 is 0 Å². The first-order chi connectivity index (χ1) is 17.6. The number of rotatable bonds is 8. The Labute approximate surface area is 211 Å². The molecule has 0 fully saturated rings. The maximum atomic E-state index is 13.3. The molecule has 0 unspecified atom stereocenters. The quantitative estimate of drug-likeness (QED) is 0.298. The molecule has 3 atom stereocenters. The van der Waals surface area contributed by atoms with Crippen molar-refractivity contribution in [2.24, 2.45) is 5.92 Å². The molecular weight excluding hydrogens is 452 g/mol. The van der Waals surface area contributed by atoms with Gasteiger partial charge in [0.25, 0.3) is 5.91 Å². The van der Waals surface area contributed by atoms with Crippen molar-refractivity contribution >= 4 is 17.3 Å². The van der Waals surface area contributed by atoms with E-state index in [4.69, 9.17) is 15.2 Å². The van der Waals surface area contributed by atoms with Crippen LogP contribution in [0.2, 0.25) is 0 Å². The smallest absolute Gasteiger partial charge is 0.290 e. The van der Waals surface area contributed by atoms with Crippen molar-refractivity contribution in [3.8, 4) is 11.1 Å². The van der Waals surface area contributed by atoms with Crippen LogP contribution in [0.25, 0.3) is 11.1 Å². The molecule has 1 aliphatic heterocycles. The molecule has 0 radical (unpaired) electrons. The molecule has 3 aromatic rings. The van der Waals surface area contributed by atoms with E-state index in [1.165, 1.54) is 27.8 Å². The van der Waals surface area contributed by atoms with Crippen LogP contribution < -0.4 is 11.1 Å². The molecule has 6 nitrogen and oxygen atoms in total. The lowest BCUT2D eigenvalue weighted by atomic mass is 9.78. The molecule has 0 bridgehead atoms. The van der Waals surface area contributed by atoms with Crippen molar-refractivity contribution in [3.05, 3.63) is 95.3 Å². The normalized spacial score (nSPS) is 20.2. The number of aliphatic hydroxyl groups excluding tert-OH is 1. The number of nitrogen functional groups attached to an aromatic ring is 1. The lowest BCUT2D eigenvalue weighted by molar-refractivity contribution is -0.165. The van der Waals surface area contributed by atoms with Crippen LogP contribution in [0.4, 0.5) is 11.4 Å². The first-order valence-corrected chi connectivity index (χ1v) is 12.6. The van der Waals surface area contributed by atoms with Crippen molar-refractivity contribution in [2.45, 2.75) is 38.4 Å². The minimum Gasteiger partial charge on any atom is -0.459 e. The largest absolute Gasteiger partial charge is 0.459 e. The van der Waals surface area contributed by atoms with Crippen LogP contribution in [0.3, 0.4) is 0 Å². The number of benzene rings is 3. The predicted octanol–water partition coefficient (Wildman–Crippen LogP) is 5.23. The molecule has 0 saturated carbocycles. The topological polar surface area (TPSA) is 93.8 Å². The van der Waals surface area contributed by atoms with E-state index in [1.807, 2.05) is 25.1 Å². The van der Waals surface area contributed by atoms with E-state index >= 15 is 0 Å². The molecule has 4 N–H and O–H groups in total. The number of hydrogen-bond acceptors (Lipinski definition) is 5. The number of carbonyl (C=O) groups is 1. The van der Waals surface area contributed by atoms with Crippen LogP contribution in [0.5, 0.6) is 0 Å². The number of hydrogen-bond donors (Lipinski definition) is 3. The number of nitrogens with two attached hydrogens (primary N) is 1. The van der Waals surface area contributed by atoms with Gasteiger partial charge in [-0.25, -0.2) is 0 Å². The number of anilines is 2. The molecule has 6 heteroatoms. The fraction of sp³-hybridized carbons (Fsp3) is 0.300. The summed E-state index contributed by atoms with van der Waals surface area (Å²) in [6, 6.07) is 22.0. The third kappa shape index (κ3) is 4.62. The number of ether oxygens (including phenoxy) is 2. The summed E-state index contributed by atoms with van der Waals surface area (Å²) in [5.41, 5.74) is 13.3. The summed E-state index contributed by atoms with van der Waals surface area (Å²) in [4.78, 5) is 13.3. The fourth-order valence-corrected chi connectivity index (χ4v) is 5.41.